The lowest BCUT2D eigenvalue weighted by atomic mass is 9.93. The van der Waals surface area contributed by atoms with Gasteiger partial charge in [0.1, 0.15) is 5.82 Å². The van der Waals surface area contributed by atoms with E-state index in [-0.39, 0.29) is 16.8 Å². The summed E-state index contributed by atoms with van der Waals surface area (Å²) >= 11 is 0. The lowest BCUT2D eigenvalue weighted by Crippen LogP contribution is -2.29. The molecule has 1 aromatic rings. The molecule has 1 aliphatic rings. The van der Waals surface area contributed by atoms with E-state index in [2.05, 4.69) is 18.7 Å². The Morgan fingerprint density at radius 3 is 2.71 bits per heavy atom. The molecule has 1 saturated heterocycles. The summed E-state index contributed by atoms with van der Waals surface area (Å²) in [6.45, 7) is 6.55. The van der Waals surface area contributed by atoms with Gasteiger partial charge in [-0.3, -0.25) is 9.69 Å². The largest absolute Gasteiger partial charge is 0.295 e. The second kappa shape index (κ2) is 4.57. The SMILES string of the molecule is CC1(C)CCN(CC(=O)c2ccccc2F)C1. The van der Waals surface area contributed by atoms with Crippen LogP contribution in [0.3, 0.4) is 0 Å². The van der Waals surface area contributed by atoms with E-state index >= 15 is 0 Å². The number of carbonyl (C=O) groups is 1. The van der Waals surface area contributed by atoms with Crippen LogP contribution < -0.4 is 0 Å². The molecule has 0 N–H and O–H groups in total. The Morgan fingerprint density at radius 1 is 1.41 bits per heavy atom. The highest BCUT2D eigenvalue weighted by Gasteiger charge is 2.30. The van der Waals surface area contributed by atoms with Gasteiger partial charge in [-0.05, 0) is 30.5 Å². The van der Waals surface area contributed by atoms with Gasteiger partial charge in [0.15, 0.2) is 5.78 Å². The Morgan fingerprint density at radius 2 is 2.12 bits per heavy atom. The predicted octanol–water partition coefficient (Wildman–Crippen LogP) is 2.74. The molecular formula is C14H18FNO. The second-order valence-corrected chi connectivity index (χ2v) is 5.53. The first kappa shape index (κ1) is 12.2. The summed E-state index contributed by atoms with van der Waals surface area (Å²) in [5.74, 6) is -0.545. The van der Waals surface area contributed by atoms with Crippen molar-refractivity contribution in [2.24, 2.45) is 5.41 Å². The molecule has 0 amide bonds. The van der Waals surface area contributed by atoms with Gasteiger partial charge in [-0.25, -0.2) is 4.39 Å². The number of carbonyl (C=O) groups excluding carboxylic acids is 1. The highest BCUT2D eigenvalue weighted by atomic mass is 19.1. The first-order valence-electron chi connectivity index (χ1n) is 5.98. The first-order chi connectivity index (χ1) is 7.98. The Kier molecular flexibility index (Phi) is 3.29. The van der Waals surface area contributed by atoms with E-state index in [1.165, 1.54) is 6.07 Å². The Bertz CT molecular complexity index is 428. The maximum Gasteiger partial charge on any atom is 0.179 e. The van der Waals surface area contributed by atoms with Crippen molar-refractivity contribution in [3.63, 3.8) is 0 Å². The average molecular weight is 235 g/mol. The van der Waals surface area contributed by atoms with Gasteiger partial charge in [0.25, 0.3) is 0 Å². The van der Waals surface area contributed by atoms with Crippen molar-refractivity contribution in [1.82, 2.24) is 4.90 Å². The lowest BCUT2D eigenvalue weighted by molar-refractivity contribution is 0.0936. The average Bonchev–Trinajstić information content (AvgIpc) is 2.58. The third-order valence-electron chi connectivity index (χ3n) is 3.30. The molecule has 0 aliphatic carbocycles. The number of ketones is 1. The van der Waals surface area contributed by atoms with Gasteiger partial charge in [-0.15, -0.1) is 0 Å². The fourth-order valence-corrected chi connectivity index (χ4v) is 2.33. The van der Waals surface area contributed by atoms with Gasteiger partial charge in [0.2, 0.25) is 0 Å². The maximum atomic E-state index is 13.4. The van der Waals surface area contributed by atoms with Crippen molar-refractivity contribution in [3.05, 3.63) is 35.6 Å². The van der Waals surface area contributed by atoms with Crippen LogP contribution in [0.4, 0.5) is 4.39 Å². The molecule has 0 spiro atoms. The third-order valence-corrected chi connectivity index (χ3v) is 3.30. The Hall–Kier alpha value is -1.22. The van der Waals surface area contributed by atoms with E-state index in [4.69, 9.17) is 0 Å². The smallest absolute Gasteiger partial charge is 0.179 e. The normalized spacial score (nSPS) is 19.5. The van der Waals surface area contributed by atoms with Gasteiger partial charge in [-0.2, -0.15) is 0 Å². The fraction of sp³-hybridized carbons (Fsp3) is 0.500. The van der Waals surface area contributed by atoms with Gasteiger partial charge < -0.3 is 0 Å². The Labute approximate surface area is 101 Å². The van der Waals surface area contributed by atoms with Crippen LogP contribution in [0.15, 0.2) is 24.3 Å². The highest BCUT2D eigenvalue weighted by Crippen LogP contribution is 2.28. The summed E-state index contributed by atoms with van der Waals surface area (Å²) < 4.78 is 13.4. The van der Waals surface area contributed by atoms with Crippen LogP contribution >= 0.6 is 0 Å². The lowest BCUT2D eigenvalue weighted by Gasteiger charge is -2.19. The van der Waals surface area contributed by atoms with E-state index in [0.29, 0.717) is 6.54 Å². The van der Waals surface area contributed by atoms with E-state index in [0.717, 1.165) is 19.5 Å². The topological polar surface area (TPSA) is 20.3 Å². The molecule has 0 bridgehead atoms. The number of hydrogen-bond acceptors (Lipinski definition) is 2. The zero-order valence-corrected chi connectivity index (χ0v) is 10.4. The molecule has 1 heterocycles. The summed E-state index contributed by atoms with van der Waals surface area (Å²) in [7, 11) is 0. The van der Waals surface area contributed by atoms with Crippen LogP contribution in [0.2, 0.25) is 0 Å². The monoisotopic (exact) mass is 235 g/mol. The zero-order chi connectivity index (χ0) is 12.5. The molecule has 2 nitrogen and oxygen atoms in total. The molecule has 1 aliphatic heterocycles. The highest BCUT2D eigenvalue weighted by molar-refractivity contribution is 5.97. The Balaban J connectivity index is 2.01. The van der Waals surface area contributed by atoms with Gasteiger partial charge in [0.05, 0.1) is 12.1 Å². The predicted molar refractivity (Wildman–Crippen MR) is 65.6 cm³/mol. The standard InChI is InChI=1S/C14H18FNO/c1-14(2)7-8-16(10-14)9-13(17)11-5-3-4-6-12(11)15/h3-6H,7-10H2,1-2H3. The molecule has 17 heavy (non-hydrogen) atoms. The quantitative estimate of drug-likeness (QED) is 0.751. The van der Waals surface area contributed by atoms with Crippen molar-refractivity contribution in [2.75, 3.05) is 19.6 Å². The molecule has 0 aromatic heterocycles. The summed E-state index contributed by atoms with van der Waals surface area (Å²) in [5.41, 5.74) is 0.479. The van der Waals surface area contributed by atoms with E-state index in [1.54, 1.807) is 18.2 Å². The number of nitrogens with zero attached hydrogens (tertiary/aromatic N) is 1. The number of rotatable bonds is 3. The number of halogens is 1. The van der Waals surface area contributed by atoms with Crippen LogP contribution in [0.5, 0.6) is 0 Å². The second-order valence-electron chi connectivity index (χ2n) is 5.53. The molecule has 92 valence electrons. The minimum Gasteiger partial charge on any atom is -0.295 e. The molecular weight excluding hydrogens is 217 g/mol. The molecule has 0 radical (unpaired) electrons. The fourth-order valence-electron chi connectivity index (χ4n) is 2.33. The van der Waals surface area contributed by atoms with Crippen LogP contribution in [-0.4, -0.2) is 30.3 Å². The zero-order valence-electron chi connectivity index (χ0n) is 10.4. The third kappa shape index (κ3) is 2.91. The number of hydrogen-bond donors (Lipinski definition) is 0. The minimum atomic E-state index is -0.420. The van der Waals surface area contributed by atoms with Gasteiger partial charge >= 0.3 is 0 Å². The van der Waals surface area contributed by atoms with Crippen LogP contribution in [0, 0.1) is 11.2 Å². The van der Waals surface area contributed by atoms with Crippen LogP contribution in [0.25, 0.3) is 0 Å². The van der Waals surface area contributed by atoms with Crippen LogP contribution in [-0.2, 0) is 0 Å². The van der Waals surface area contributed by atoms with E-state index in [9.17, 15) is 9.18 Å². The summed E-state index contributed by atoms with van der Waals surface area (Å²) in [4.78, 5) is 14.1. The van der Waals surface area contributed by atoms with Crippen molar-refractivity contribution >= 4 is 5.78 Å². The summed E-state index contributed by atoms with van der Waals surface area (Å²) in [6, 6.07) is 6.19. The van der Waals surface area contributed by atoms with Crippen molar-refractivity contribution < 1.29 is 9.18 Å². The van der Waals surface area contributed by atoms with Crippen molar-refractivity contribution in [3.8, 4) is 0 Å². The van der Waals surface area contributed by atoms with Crippen molar-refractivity contribution in [1.29, 1.82) is 0 Å². The van der Waals surface area contributed by atoms with E-state index in [1.807, 2.05) is 0 Å². The first-order valence-corrected chi connectivity index (χ1v) is 5.98. The van der Waals surface area contributed by atoms with Gasteiger partial charge in [0, 0.05) is 6.54 Å². The molecule has 1 fully saturated rings. The van der Waals surface area contributed by atoms with Gasteiger partial charge in [-0.1, -0.05) is 26.0 Å². The molecule has 3 heteroatoms. The minimum absolute atomic E-state index is 0.124. The molecule has 2 rings (SSSR count). The van der Waals surface area contributed by atoms with E-state index < -0.39 is 5.82 Å². The van der Waals surface area contributed by atoms with Crippen LogP contribution in [0.1, 0.15) is 30.6 Å². The molecule has 0 atom stereocenters. The molecule has 0 saturated carbocycles. The number of likely N-dealkylation sites (tertiary alicyclic amines) is 1. The summed E-state index contributed by atoms with van der Waals surface area (Å²) in [6.07, 6.45) is 1.09. The summed E-state index contributed by atoms with van der Waals surface area (Å²) in [5, 5.41) is 0. The number of Topliss-reactive ketones (excluding diaryl/α,β-unsaturated/α-hetero) is 1. The maximum absolute atomic E-state index is 13.4. The number of benzene rings is 1. The molecule has 0 unspecified atom stereocenters. The molecule has 1 aromatic carbocycles. The van der Waals surface area contributed by atoms with Crippen molar-refractivity contribution in [2.45, 2.75) is 20.3 Å².